The maximum atomic E-state index is 11.8. The summed E-state index contributed by atoms with van der Waals surface area (Å²) >= 11 is 0. The average Bonchev–Trinajstić information content (AvgIpc) is 2.27. The molecule has 16 heavy (non-hydrogen) atoms. The predicted octanol–water partition coefficient (Wildman–Crippen LogP) is -0.185. The van der Waals surface area contributed by atoms with Gasteiger partial charge in [-0.3, -0.25) is 9.69 Å². The maximum absolute atomic E-state index is 11.8. The lowest BCUT2D eigenvalue weighted by Gasteiger charge is -2.30. The summed E-state index contributed by atoms with van der Waals surface area (Å²) in [6, 6.07) is 2.06. The van der Waals surface area contributed by atoms with Gasteiger partial charge in [0, 0.05) is 26.1 Å². The van der Waals surface area contributed by atoms with Gasteiger partial charge in [0.1, 0.15) is 0 Å². The number of carbonyl (C=O) groups excluding carboxylic acids is 1. The van der Waals surface area contributed by atoms with E-state index in [2.05, 4.69) is 6.07 Å². The highest BCUT2D eigenvalue weighted by atomic mass is 16.3. The second-order valence-corrected chi connectivity index (χ2v) is 4.26. The van der Waals surface area contributed by atoms with Crippen LogP contribution >= 0.6 is 0 Å². The van der Waals surface area contributed by atoms with E-state index in [-0.39, 0.29) is 12.0 Å². The van der Waals surface area contributed by atoms with Gasteiger partial charge in [0.2, 0.25) is 5.91 Å². The average molecular weight is 225 g/mol. The highest BCUT2D eigenvalue weighted by molar-refractivity contribution is 5.78. The monoisotopic (exact) mass is 225 g/mol. The van der Waals surface area contributed by atoms with Crippen LogP contribution in [0.25, 0.3) is 0 Å². The van der Waals surface area contributed by atoms with Crippen LogP contribution in [0.3, 0.4) is 0 Å². The summed E-state index contributed by atoms with van der Waals surface area (Å²) in [6.07, 6.45) is 1.55. The van der Waals surface area contributed by atoms with Crippen molar-refractivity contribution >= 4 is 5.91 Å². The second kappa shape index (κ2) is 6.46. The third kappa shape index (κ3) is 4.17. The maximum Gasteiger partial charge on any atom is 0.236 e. The molecule has 1 heterocycles. The Hall–Kier alpha value is -1.12. The Morgan fingerprint density at radius 1 is 1.56 bits per heavy atom. The quantitative estimate of drug-likeness (QED) is 0.720. The first-order chi connectivity index (χ1) is 7.63. The minimum atomic E-state index is -0.250. The molecule has 1 aliphatic heterocycles. The number of amides is 1. The predicted molar refractivity (Wildman–Crippen MR) is 59.5 cm³/mol. The molecule has 0 radical (unpaired) electrons. The molecule has 1 aliphatic rings. The Morgan fingerprint density at radius 3 is 2.75 bits per heavy atom. The normalized spacial score (nSPS) is 17.5. The van der Waals surface area contributed by atoms with Crippen molar-refractivity contribution in [3.63, 3.8) is 0 Å². The fourth-order valence-corrected chi connectivity index (χ4v) is 1.77. The summed E-state index contributed by atoms with van der Waals surface area (Å²) in [5.74, 6) is 0.0901. The Labute approximate surface area is 96.3 Å². The molecule has 0 bridgehead atoms. The molecule has 1 N–H and O–H groups in total. The molecule has 0 aromatic heterocycles. The molecule has 0 spiro atoms. The van der Waals surface area contributed by atoms with Crippen molar-refractivity contribution in [2.24, 2.45) is 0 Å². The number of rotatable bonds is 4. The van der Waals surface area contributed by atoms with Crippen molar-refractivity contribution in [1.29, 1.82) is 5.26 Å². The number of nitrogens with zero attached hydrogens (tertiary/aromatic N) is 3. The van der Waals surface area contributed by atoms with E-state index >= 15 is 0 Å². The van der Waals surface area contributed by atoms with Crippen molar-refractivity contribution in [2.45, 2.75) is 25.4 Å². The van der Waals surface area contributed by atoms with E-state index < -0.39 is 0 Å². The van der Waals surface area contributed by atoms with Crippen LogP contribution in [0.15, 0.2) is 0 Å². The number of aliphatic hydroxyl groups is 1. The number of piperidine rings is 1. The van der Waals surface area contributed by atoms with Gasteiger partial charge >= 0.3 is 0 Å². The first-order valence-corrected chi connectivity index (χ1v) is 5.65. The SMILES string of the molecule is CN(CCC#N)CC(=O)N1CCC(O)CC1. The molecule has 0 aromatic carbocycles. The topological polar surface area (TPSA) is 67.6 Å². The largest absolute Gasteiger partial charge is 0.393 e. The minimum absolute atomic E-state index is 0.0901. The van der Waals surface area contributed by atoms with Crippen LogP contribution in [-0.4, -0.2) is 60.1 Å². The standard InChI is InChI=1S/C11H19N3O2/c1-13(6-2-5-12)9-11(16)14-7-3-10(15)4-8-14/h10,15H,2-4,6-9H2,1H3. The summed E-state index contributed by atoms with van der Waals surface area (Å²) in [6.45, 7) is 2.27. The van der Waals surface area contributed by atoms with Crippen LogP contribution in [0.1, 0.15) is 19.3 Å². The number of hydrogen-bond acceptors (Lipinski definition) is 4. The second-order valence-electron chi connectivity index (χ2n) is 4.26. The molecule has 0 aromatic rings. The lowest BCUT2D eigenvalue weighted by atomic mass is 10.1. The summed E-state index contributed by atoms with van der Waals surface area (Å²) in [5, 5.41) is 17.7. The van der Waals surface area contributed by atoms with Crippen LogP contribution in [0.5, 0.6) is 0 Å². The van der Waals surface area contributed by atoms with Gasteiger partial charge in [-0.25, -0.2) is 0 Å². The zero-order valence-corrected chi connectivity index (χ0v) is 9.72. The molecular weight excluding hydrogens is 206 g/mol. The number of nitriles is 1. The first-order valence-electron chi connectivity index (χ1n) is 5.65. The fourth-order valence-electron chi connectivity index (χ4n) is 1.77. The van der Waals surface area contributed by atoms with E-state index in [9.17, 15) is 9.90 Å². The van der Waals surface area contributed by atoms with Crippen LogP contribution in [0.4, 0.5) is 0 Å². The first kappa shape index (κ1) is 12.9. The highest BCUT2D eigenvalue weighted by Crippen LogP contribution is 2.10. The Kier molecular flexibility index (Phi) is 5.23. The molecule has 1 saturated heterocycles. The van der Waals surface area contributed by atoms with Gasteiger partial charge < -0.3 is 10.0 Å². The molecule has 90 valence electrons. The lowest BCUT2D eigenvalue weighted by Crippen LogP contribution is -2.44. The molecule has 5 heteroatoms. The molecule has 0 atom stereocenters. The summed E-state index contributed by atoms with van der Waals surface area (Å²) in [5.41, 5.74) is 0. The summed E-state index contributed by atoms with van der Waals surface area (Å²) < 4.78 is 0. The number of carbonyl (C=O) groups is 1. The molecule has 5 nitrogen and oxygen atoms in total. The zero-order chi connectivity index (χ0) is 12.0. The fraction of sp³-hybridized carbons (Fsp3) is 0.818. The highest BCUT2D eigenvalue weighted by Gasteiger charge is 2.21. The van der Waals surface area contributed by atoms with Crippen LogP contribution < -0.4 is 0 Å². The lowest BCUT2D eigenvalue weighted by molar-refractivity contribution is -0.134. The molecule has 0 aliphatic carbocycles. The van der Waals surface area contributed by atoms with E-state index in [4.69, 9.17) is 5.26 Å². The Balaban J connectivity index is 2.27. The minimum Gasteiger partial charge on any atom is -0.393 e. The van der Waals surface area contributed by atoms with E-state index in [0.717, 1.165) is 0 Å². The van der Waals surface area contributed by atoms with Gasteiger partial charge in [-0.05, 0) is 19.9 Å². The van der Waals surface area contributed by atoms with Gasteiger partial charge in [-0.15, -0.1) is 0 Å². The number of aliphatic hydroxyl groups excluding tert-OH is 1. The van der Waals surface area contributed by atoms with Crippen LogP contribution in [0, 0.1) is 11.3 Å². The van der Waals surface area contributed by atoms with Crippen molar-refractivity contribution in [3.05, 3.63) is 0 Å². The Morgan fingerprint density at radius 2 is 2.19 bits per heavy atom. The van der Waals surface area contributed by atoms with Gasteiger partial charge in [0.25, 0.3) is 0 Å². The zero-order valence-electron chi connectivity index (χ0n) is 9.72. The van der Waals surface area contributed by atoms with Gasteiger partial charge in [0.15, 0.2) is 0 Å². The third-order valence-corrected chi connectivity index (χ3v) is 2.83. The van der Waals surface area contributed by atoms with Crippen molar-refractivity contribution in [3.8, 4) is 6.07 Å². The van der Waals surface area contributed by atoms with Gasteiger partial charge in [-0.1, -0.05) is 0 Å². The summed E-state index contributed by atoms with van der Waals surface area (Å²) in [7, 11) is 1.84. The third-order valence-electron chi connectivity index (χ3n) is 2.83. The molecule has 1 rings (SSSR count). The summed E-state index contributed by atoms with van der Waals surface area (Å²) in [4.78, 5) is 15.4. The number of likely N-dealkylation sites (tertiary alicyclic amines) is 1. The van der Waals surface area contributed by atoms with Gasteiger partial charge in [-0.2, -0.15) is 5.26 Å². The van der Waals surface area contributed by atoms with Gasteiger partial charge in [0.05, 0.1) is 18.7 Å². The number of hydrogen-bond donors (Lipinski definition) is 1. The van der Waals surface area contributed by atoms with E-state index in [1.54, 1.807) is 4.90 Å². The van der Waals surface area contributed by atoms with Crippen molar-refractivity contribution in [1.82, 2.24) is 9.80 Å². The Bertz CT molecular complexity index is 267. The number of likely N-dealkylation sites (N-methyl/N-ethyl adjacent to an activating group) is 1. The smallest absolute Gasteiger partial charge is 0.236 e. The van der Waals surface area contributed by atoms with Crippen molar-refractivity contribution < 1.29 is 9.90 Å². The molecule has 1 fully saturated rings. The van der Waals surface area contributed by atoms with E-state index in [1.807, 2.05) is 11.9 Å². The van der Waals surface area contributed by atoms with Crippen molar-refractivity contribution in [2.75, 3.05) is 33.2 Å². The van der Waals surface area contributed by atoms with Crippen LogP contribution in [0.2, 0.25) is 0 Å². The molecule has 0 unspecified atom stereocenters. The molecule has 0 saturated carbocycles. The molecule has 1 amide bonds. The van der Waals surface area contributed by atoms with E-state index in [0.29, 0.717) is 45.4 Å². The van der Waals surface area contributed by atoms with Crippen LogP contribution in [-0.2, 0) is 4.79 Å². The molecular formula is C11H19N3O2. The van der Waals surface area contributed by atoms with E-state index in [1.165, 1.54) is 0 Å².